The molecule has 1 N–H and O–H groups in total. The molecule has 1 aliphatic heterocycles. The molecule has 8 heteroatoms. The highest BCUT2D eigenvalue weighted by Crippen LogP contribution is 2.11. The number of hydrogen-bond acceptors (Lipinski definition) is 5. The lowest BCUT2D eigenvalue weighted by Crippen LogP contribution is -2.46. The third kappa shape index (κ3) is 6.46. The molecule has 0 radical (unpaired) electrons. The predicted octanol–water partition coefficient (Wildman–Crippen LogP) is 3.32. The van der Waals surface area contributed by atoms with Gasteiger partial charge in [-0.2, -0.15) is 0 Å². The fraction of sp³-hybridized carbons (Fsp3) is 0.350. The van der Waals surface area contributed by atoms with Gasteiger partial charge in [-0.05, 0) is 33.3 Å². The van der Waals surface area contributed by atoms with Gasteiger partial charge in [0.25, 0.3) is 5.91 Å². The molecular weight excluding hydrogens is 362 g/mol. The molecule has 150 valence electrons. The monoisotopic (exact) mass is 387 g/mol. The van der Waals surface area contributed by atoms with Crippen molar-refractivity contribution in [3.63, 3.8) is 0 Å². The Morgan fingerprint density at radius 2 is 1.57 bits per heavy atom. The van der Waals surface area contributed by atoms with Crippen molar-refractivity contribution in [1.29, 1.82) is 0 Å². The second kappa shape index (κ2) is 9.07. The fourth-order valence-electron chi connectivity index (χ4n) is 2.22. The van der Waals surface area contributed by atoms with Crippen LogP contribution < -0.4 is 5.32 Å². The highest BCUT2D eigenvalue weighted by molar-refractivity contribution is 5.87. The Bertz CT molecular complexity index is 754. The molecule has 0 saturated carbocycles. The van der Waals surface area contributed by atoms with Crippen molar-refractivity contribution >= 4 is 18.1 Å². The molecule has 3 amide bonds. The number of ether oxygens (including phenoxy) is 2. The van der Waals surface area contributed by atoms with Crippen LogP contribution in [-0.2, 0) is 20.9 Å². The summed E-state index contributed by atoms with van der Waals surface area (Å²) in [7, 11) is 0. The third-order valence-corrected chi connectivity index (χ3v) is 3.55. The van der Waals surface area contributed by atoms with E-state index in [2.05, 4.69) is 5.32 Å². The molecule has 1 aliphatic rings. The Morgan fingerprint density at radius 1 is 1.00 bits per heavy atom. The van der Waals surface area contributed by atoms with Gasteiger partial charge in [-0.25, -0.2) is 9.59 Å². The van der Waals surface area contributed by atoms with Crippen LogP contribution in [-0.4, -0.2) is 39.5 Å². The van der Waals surface area contributed by atoms with E-state index in [4.69, 9.17) is 9.47 Å². The maximum absolute atomic E-state index is 12.4. The molecule has 0 fully saturated rings. The first kappa shape index (κ1) is 21.0. The molecule has 28 heavy (non-hydrogen) atoms. The summed E-state index contributed by atoms with van der Waals surface area (Å²) in [5, 5.41) is 2.48. The summed E-state index contributed by atoms with van der Waals surface area (Å²) in [6, 6.07) is 8.51. The summed E-state index contributed by atoms with van der Waals surface area (Å²) in [6.45, 7) is 6.91. The standard InChI is InChI=1S/C20H25N3O5/c1-15(21-18(25)28-20(2,3)4)17(24)22-10-12-23(13-11-22)19(26)27-14-16-8-6-5-7-9-16/h5-13,15H,14H2,1-4H3,(H,21,25)/t15-/m0/s1. The van der Waals surface area contributed by atoms with Crippen LogP contribution in [0.25, 0.3) is 0 Å². The number of carbonyl (C=O) groups is 3. The van der Waals surface area contributed by atoms with E-state index in [0.717, 1.165) is 5.56 Å². The Morgan fingerprint density at radius 3 is 2.14 bits per heavy atom. The summed E-state index contributed by atoms with van der Waals surface area (Å²) in [6.07, 6.45) is 4.41. The largest absolute Gasteiger partial charge is 0.444 e. The van der Waals surface area contributed by atoms with Crippen molar-refractivity contribution in [2.24, 2.45) is 0 Å². The van der Waals surface area contributed by atoms with E-state index in [-0.39, 0.29) is 12.5 Å². The lowest BCUT2D eigenvalue weighted by molar-refractivity contribution is -0.128. The molecule has 1 aromatic rings. The van der Waals surface area contributed by atoms with Gasteiger partial charge in [0.05, 0.1) is 0 Å². The number of benzene rings is 1. The van der Waals surface area contributed by atoms with Crippen molar-refractivity contribution in [2.45, 2.75) is 45.9 Å². The van der Waals surface area contributed by atoms with Gasteiger partial charge >= 0.3 is 12.2 Å². The average Bonchev–Trinajstić information content (AvgIpc) is 2.64. The minimum absolute atomic E-state index is 0.150. The maximum Gasteiger partial charge on any atom is 0.418 e. The molecule has 1 heterocycles. The summed E-state index contributed by atoms with van der Waals surface area (Å²) in [5.74, 6) is -0.379. The average molecular weight is 387 g/mol. The molecule has 8 nitrogen and oxygen atoms in total. The van der Waals surface area contributed by atoms with Gasteiger partial charge in [0, 0.05) is 24.8 Å². The number of hydrogen-bond donors (Lipinski definition) is 1. The molecule has 1 aromatic carbocycles. The summed E-state index contributed by atoms with van der Waals surface area (Å²) in [5.41, 5.74) is 0.220. The minimum Gasteiger partial charge on any atom is -0.444 e. The van der Waals surface area contributed by atoms with Crippen LogP contribution in [0.15, 0.2) is 55.1 Å². The minimum atomic E-state index is -0.805. The number of nitrogens with zero attached hydrogens (tertiary/aromatic N) is 2. The second-order valence-corrected chi connectivity index (χ2v) is 7.16. The van der Waals surface area contributed by atoms with Crippen LogP contribution >= 0.6 is 0 Å². The van der Waals surface area contributed by atoms with Crippen LogP contribution in [0, 0.1) is 0 Å². The first-order valence-electron chi connectivity index (χ1n) is 8.83. The van der Waals surface area contributed by atoms with Crippen LogP contribution in [0.4, 0.5) is 9.59 Å². The van der Waals surface area contributed by atoms with Crippen LogP contribution in [0.5, 0.6) is 0 Å². The van der Waals surface area contributed by atoms with Crippen molar-refractivity contribution in [2.75, 3.05) is 0 Å². The van der Waals surface area contributed by atoms with E-state index in [0.29, 0.717) is 0 Å². The van der Waals surface area contributed by atoms with E-state index in [1.807, 2.05) is 30.3 Å². The Hall–Kier alpha value is -3.29. The van der Waals surface area contributed by atoms with Gasteiger partial charge in [0.15, 0.2) is 0 Å². The zero-order chi connectivity index (χ0) is 20.7. The smallest absolute Gasteiger partial charge is 0.418 e. The van der Waals surface area contributed by atoms with E-state index < -0.39 is 23.8 Å². The molecule has 1 atom stereocenters. The molecule has 0 saturated heterocycles. The van der Waals surface area contributed by atoms with Crippen LogP contribution in [0.1, 0.15) is 33.3 Å². The third-order valence-electron chi connectivity index (χ3n) is 3.55. The molecule has 0 unspecified atom stereocenters. The second-order valence-electron chi connectivity index (χ2n) is 7.16. The van der Waals surface area contributed by atoms with E-state index in [1.165, 1.54) is 34.6 Å². The van der Waals surface area contributed by atoms with Crippen LogP contribution in [0.2, 0.25) is 0 Å². The number of amides is 3. The predicted molar refractivity (Wildman–Crippen MR) is 102 cm³/mol. The summed E-state index contributed by atoms with van der Waals surface area (Å²) in [4.78, 5) is 38.8. The zero-order valence-electron chi connectivity index (χ0n) is 16.4. The normalized spacial score (nSPS) is 14.4. The molecule has 2 rings (SSSR count). The molecule has 0 aromatic heterocycles. The highest BCUT2D eigenvalue weighted by Gasteiger charge is 2.24. The van der Waals surface area contributed by atoms with Gasteiger partial charge in [-0.15, -0.1) is 0 Å². The maximum atomic E-state index is 12.4. The van der Waals surface area contributed by atoms with Gasteiger partial charge < -0.3 is 14.8 Å². The Balaban J connectivity index is 1.83. The molecular formula is C20H25N3O5. The van der Waals surface area contributed by atoms with Gasteiger partial charge in [-0.3, -0.25) is 14.6 Å². The van der Waals surface area contributed by atoms with E-state index >= 15 is 0 Å². The Kier molecular flexibility index (Phi) is 6.81. The molecule has 0 bridgehead atoms. The number of rotatable bonds is 4. The fourth-order valence-corrected chi connectivity index (χ4v) is 2.22. The van der Waals surface area contributed by atoms with Gasteiger partial charge in [-0.1, -0.05) is 30.3 Å². The van der Waals surface area contributed by atoms with Crippen molar-refractivity contribution in [1.82, 2.24) is 15.1 Å². The van der Waals surface area contributed by atoms with E-state index in [9.17, 15) is 14.4 Å². The zero-order valence-corrected chi connectivity index (χ0v) is 16.4. The van der Waals surface area contributed by atoms with Gasteiger partial charge in [0.2, 0.25) is 0 Å². The first-order valence-corrected chi connectivity index (χ1v) is 8.83. The summed E-state index contributed by atoms with van der Waals surface area (Å²) >= 11 is 0. The van der Waals surface area contributed by atoms with Crippen LogP contribution in [0.3, 0.4) is 0 Å². The lowest BCUT2D eigenvalue weighted by atomic mass is 10.2. The van der Waals surface area contributed by atoms with Crippen molar-refractivity contribution in [3.8, 4) is 0 Å². The first-order chi connectivity index (χ1) is 13.2. The number of nitrogens with one attached hydrogen (secondary N) is 1. The Labute approximate surface area is 164 Å². The SMILES string of the molecule is C[C@H](NC(=O)OC(C)(C)C)C(=O)N1C=CN(C(=O)OCc2ccccc2)C=C1. The number of alkyl carbamates (subject to hydrolysis) is 1. The highest BCUT2D eigenvalue weighted by atomic mass is 16.6. The molecule has 0 spiro atoms. The molecule has 0 aliphatic carbocycles. The van der Waals surface area contributed by atoms with Gasteiger partial charge in [0.1, 0.15) is 18.2 Å². The van der Waals surface area contributed by atoms with E-state index in [1.54, 1.807) is 27.7 Å². The summed E-state index contributed by atoms with van der Waals surface area (Å²) < 4.78 is 10.3. The number of carbonyl (C=O) groups excluding carboxylic acids is 3. The van der Waals surface area contributed by atoms with Crippen molar-refractivity contribution in [3.05, 3.63) is 60.7 Å². The topological polar surface area (TPSA) is 88.2 Å². The quantitative estimate of drug-likeness (QED) is 0.856. The lowest BCUT2D eigenvalue weighted by Gasteiger charge is -2.25. The van der Waals surface area contributed by atoms with Crippen molar-refractivity contribution < 1.29 is 23.9 Å².